The van der Waals surface area contributed by atoms with Crippen LogP contribution in [-0.4, -0.2) is 8.76 Å². The van der Waals surface area contributed by atoms with Crippen LogP contribution in [-0.2, 0) is 11.3 Å². The SMILES string of the molecule is O=S(O)NC(c1ccccc1)C1CC1. The van der Waals surface area contributed by atoms with Crippen LogP contribution in [0.25, 0.3) is 0 Å². The summed E-state index contributed by atoms with van der Waals surface area (Å²) < 4.78 is 22.2. The van der Waals surface area contributed by atoms with Crippen molar-refractivity contribution in [2.75, 3.05) is 0 Å². The number of hydrogen-bond acceptors (Lipinski definition) is 1. The van der Waals surface area contributed by atoms with Gasteiger partial charge in [0.2, 0.25) is 11.3 Å². The lowest BCUT2D eigenvalue weighted by atomic mass is 10.0. The lowest BCUT2D eigenvalue weighted by Crippen LogP contribution is -2.24. The van der Waals surface area contributed by atoms with E-state index < -0.39 is 11.3 Å². The first-order valence-electron chi connectivity index (χ1n) is 4.69. The van der Waals surface area contributed by atoms with Crippen molar-refractivity contribution in [2.45, 2.75) is 18.9 Å². The molecule has 0 aromatic heterocycles. The third kappa shape index (κ3) is 2.41. The van der Waals surface area contributed by atoms with Crippen molar-refractivity contribution in [3.8, 4) is 0 Å². The molecule has 2 N–H and O–H groups in total. The van der Waals surface area contributed by atoms with Crippen molar-refractivity contribution in [2.24, 2.45) is 5.92 Å². The summed E-state index contributed by atoms with van der Waals surface area (Å²) >= 11 is -1.93. The van der Waals surface area contributed by atoms with Gasteiger partial charge in [0.05, 0.1) is 0 Å². The molecule has 2 rings (SSSR count). The molecule has 1 aliphatic carbocycles. The Morgan fingerprint density at radius 2 is 2.00 bits per heavy atom. The standard InChI is InChI=1S/C10H13NO2S/c12-14(13)11-10(9-6-7-9)8-4-2-1-3-5-8/h1-5,9-11H,6-7H2,(H,12,13). The van der Waals surface area contributed by atoms with Crippen molar-refractivity contribution >= 4 is 11.3 Å². The smallest absolute Gasteiger partial charge is 0.232 e. The summed E-state index contributed by atoms with van der Waals surface area (Å²) in [6.45, 7) is 0. The second kappa shape index (κ2) is 4.21. The highest BCUT2D eigenvalue weighted by molar-refractivity contribution is 7.77. The van der Waals surface area contributed by atoms with E-state index in [1.54, 1.807) is 0 Å². The average Bonchev–Trinajstić information content (AvgIpc) is 2.99. The molecule has 1 aromatic carbocycles. The Bertz CT molecular complexity index is 324. The molecule has 0 amide bonds. The van der Waals surface area contributed by atoms with E-state index in [-0.39, 0.29) is 6.04 Å². The number of nitrogens with one attached hydrogen (secondary N) is 1. The van der Waals surface area contributed by atoms with Crippen molar-refractivity contribution in [3.05, 3.63) is 35.9 Å². The zero-order valence-corrected chi connectivity index (χ0v) is 8.54. The van der Waals surface area contributed by atoms with Gasteiger partial charge in [0.1, 0.15) is 0 Å². The third-order valence-corrected chi connectivity index (χ3v) is 2.94. The Hall–Kier alpha value is -0.710. The predicted octanol–water partition coefficient (Wildman–Crippen LogP) is 1.86. The molecule has 0 heterocycles. The van der Waals surface area contributed by atoms with E-state index in [9.17, 15) is 4.21 Å². The van der Waals surface area contributed by atoms with Gasteiger partial charge in [-0.1, -0.05) is 30.3 Å². The Balaban J connectivity index is 2.14. The van der Waals surface area contributed by atoms with Gasteiger partial charge in [-0.3, -0.25) is 4.55 Å². The summed E-state index contributed by atoms with van der Waals surface area (Å²) in [5.41, 5.74) is 1.09. The van der Waals surface area contributed by atoms with Crippen molar-refractivity contribution in [1.82, 2.24) is 4.72 Å². The van der Waals surface area contributed by atoms with E-state index in [0.717, 1.165) is 18.4 Å². The van der Waals surface area contributed by atoms with Crippen molar-refractivity contribution < 1.29 is 8.76 Å². The normalized spacial score (nSPS) is 20.4. The quantitative estimate of drug-likeness (QED) is 0.747. The van der Waals surface area contributed by atoms with E-state index in [4.69, 9.17) is 4.55 Å². The average molecular weight is 211 g/mol. The van der Waals surface area contributed by atoms with Crippen molar-refractivity contribution in [1.29, 1.82) is 0 Å². The molecule has 1 saturated carbocycles. The molecule has 3 nitrogen and oxygen atoms in total. The molecule has 2 atom stereocenters. The first-order chi connectivity index (χ1) is 6.77. The third-order valence-electron chi connectivity index (χ3n) is 2.48. The van der Waals surface area contributed by atoms with Gasteiger partial charge in [0.25, 0.3) is 0 Å². The molecule has 0 spiro atoms. The van der Waals surface area contributed by atoms with Crippen LogP contribution in [0.2, 0.25) is 0 Å². The minimum absolute atomic E-state index is 0.0297. The Morgan fingerprint density at radius 3 is 2.50 bits per heavy atom. The van der Waals surface area contributed by atoms with Gasteiger partial charge in [0.15, 0.2) is 0 Å². The summed E-state index contributed by atoms with van der Waals surface area (Å²) in [5.74, 6) is 0.522. The highest BCUT2D eigenvalue weighted by Crippen LogP contribution is 2.40. The van der Waals surface area contributed by atoms with Crippen LogP contribution in [0, 0.1) is 5.92 Å². The zero-order valence-electron chi connectivity index (χ0n) is 7.72. The Kier molecular flexibility index (Phi) is 2.96. The molecule has 0 aliphatic heterocycles. The number of benzene rings is 1. The summed E-state index contributed by atoms with van der Waals surface area (Å²) in [5, 5.41) is 0. The molecule has 1 aromatic rings. The van der Waals surface area contributed by atoms with E-state index in [2.05, 4.69) is 4.72 Å². The summed E-state index contributed by atoms with van der Waals surface area (Å²) in [6.07, 6.45) is 2.29. The monoisotopic (exact) mass is 211 g/mol. The van der Waals surface area contributed by atoms with Gasteiger partial charge >= 0.3 is 0 Å². The maximum atomic E-state index is 10.7. The Labute approximate surface area is 85.9 Å². The molecule has 1 aliphatic rings. The van der Waals surface area contributed by atoms with Crippen LogP contribution >= 0.6 is 0 Å². The second-order valence-corrected chi connectivity index (χ2v) is 4.33. The molecule has 0 bridgehead atoms. The van der Waals surface area contributed by atoms with E-state index in [0.29, 0.717) is 5.92 Å². The Morgan fingerprint density at radius 1 is 1.36 bits per heavy atom. The largest absolute Gasteiger partial charge is 0.294 e. The van der Waals surface area contributed by atoms with Crippen LogP contribution in [0.1, 0.15) is 24.4 Å². The van der Waals surface area contributed by atoms with Gasteiger partial charge in [0, 0.05) is 6.04 Å². The van der Waals surface area contributed by atoms with Gasteiger partial charge in [-0.15, -0.1) is 0 Å². The summed E-state index contributed by atoms with van der Waals surface area (Å²) in [7, 11) is 0. The first-order valence-corrected chi connectivity index (χ1v) is 5.80. The highest BCUT2D eigenvalue weighted by atomic mass is 32.2. The van der Waals surface area contributed by atoms with Gasteiger partial charge in [-0.2, -0.15) is 0 Å². The minimum Gasteiger partial charge on any atom is -0.294 e. The first kappa shape index (κ1) is 9.83. The molecular weight excluding hydrogens is 198 g/mol. The molecular formula is C10H13NO2S. The van der Waals surface area contributed by atoms with E-state index in [1.807, 2.05) is 30.3 Å². The van der Waals surface area contributed by atoms with Crippen LogP contribution in [0.3, 0.4) is 0 Å². The maximum Gasteiger partial charge on any atom is 0.232 e. The number of rotatable bonds is 4. The van der Waals surface area contributed by atoms with Gasteiger partial charge in [-0.25, -0.2) is 8.93 Å². The van der Waals surface area contributed by atoms with Gasteiger partial charge < -0.3 is 0 Å². The fourth-order valence-corrected chi connectivity index (χ4v) is 2.18. The van der Waals surface area contributed by atoms with Gasteiger partial charge in [-0.05, 0) is 24.3 Å². The molecule has 1 fully saturated rings. The molecule has 0 radical (unpaired) electrons. The van der Waals surface area contributed by atoms with E-state index >= 15 is 0 Å². The molecule has 2 unspecified atom stereocenters. The topological polar surface area (TPSA) is 49.3 Å². The predicted molar refractivity (Wildman–Crippen MR) is 55.8 cm³/mol. The molecule has 76 valence electrons. The minimum atomic E-state index is -1.93. The molecule has 0 saturated heterocycles. The van der Waals surface area contributed by atoms with Crippen LogP contribution in [0.5, 0.6) is 0 Å². The van der Waals surface area contributed by atoms with Crippen molar-refractivity contribution in [3.63, 3.8) is 0 Å². The summed E-state index contributed by atoms with van der Waals surface area (Å²) in [6, 6.07) is 9.86. The fourth-order valence-electron chi connectivity index (χ4n) is 1.63. The maximum absolute atomic E-state index is 10.7. The molecule has 4 heteroatoms. The second-order valence-electron chi connectivity index (χ2n) is 3.59. The lowest BCUT2D eigenvalue weighted by Gasteiger charge is -2.15. The number of hydrogen-bond donors (Lipinski definition) is 2. The van der Waals surface area contributed by atoms with Crippen LogP contribution in [0.4, 0.5) is 0 Å². The van der Waals surface area contributed by atoms with Crippen LogP contribution < -0.4 is 4.72 Å². The molecule has 14 heavy (non-hydrogen) atoms. The summed E-state index contributed by atoms with van der Waals surface area (Å²) in [4.78, 5) is 0. The fraction of sp³-hybridized carbons (Fsp3) is 0.400. The zero-order chi connectivity index (χ0) is 9.97. The van der Waals surface area contributed by atoms with Crippen LogP contribution in [0.15, 0.2) is 30.3 Å². The van der Waals surface area contributed by atoms with E-state index in [1.165, 1.54) is 0 Å². The highest BCUT2D eigenvalue weighted by Gasteiger charge is 2.32. The lowest BCUT2D eigenvalue weighted by molar-refractivity contribution is 0.507.